The molecule has 0 radical (unpaired) electrons. The predicted molar refractivity (Wildman–Crippen MR) is 71.3 cm³/mol. The molecule has 0 fully saturated rings. The number of carbonyl (C=O) groups excluding carboxylic acids is 2. The maximum Gasteiger partial charge on any atom is 0.321 e. The Morgan fingerprint density at radius 3 is 2.95 bits per heavy atom. The van der Waals surface area contributed by atoms with E-state index in [0.29, 0.717) is 13.0 Å². The molecule has 1 aromatic carbocycles. The number of rotatable bonds is 3. The van der Waals surface area contributed by atoms with Gasteiger partial charge >= 0.3 is 6.03 Å². The van der Waals surface area contributed by atoms with Crippen molar-refractivity contribution < 1.29 is 14.3 Å². The minimum absolute atomic E-state index is 0.124. The Hall–Kier alpha value is -1.75. The van der Waals surface area contributed by atoms with E-state index < -0.39 is 6.03 Å². The molecule has 2 rings (SSSR count). The summed E-state index contributed by atoms with van der Waals surface area (Å²) in [5, 5.41) is 5.02. The fourth-order valence-electron chi connectivity index (χ4n) is 1.96. The average Bonchev–Trinajstić information content (AvgIpc) is 2.39. The van der Waals surface area contributed by atoms with Crippen LogP contribution in [0.15, 0.2) is 24.3 Å². The Bertz CT molecular complexity index is 479. The summed E-state index contributed by atoms with van der Waals surface area (Å²) in [6.07, 6.45) is 0.799. The number of halogens is 1. The third-order valence-corrected chi connectivity index (χ3v) is 3.03. The number of hydrogen-bond donors (Lipinski definition) is 2. The van der Waals surface area contributed by atoms with Gasteiger partial charge in [-0.15, -0.1) is 11.6 Å². The molecule has 1 aliphatic heterocycles. The summed E-state index contributed by atoms with van der Waals surface area (Å²) in [4.78, 5) is 22.9. The molecule has 0 aliphatic carbocycles. The van der Waals surface area contributed by atoms with Crippen molar-refractivity contribution in [1.82, 2.24) is 10.6 Å². The van der Waals surface area contributed by atoms with Crippen LogP contribution >= 0.6 is 11.6 Å². The summed E-state index contributed by atoms with van der Waals surface area (Å²) in [6.45, 7) is 0.539. The van der Waals surface area contributed by atoms with Gasteiger partial charge in [-0.3, -0.25) is 10.1 Å². The van der Waals surface area contributed by atoms with Crippen LogP contribution in [0.5, 0.6) is 5.75 Å². The topological polar surface area (TPSA) is 67.4 Å². The number of amides is 3. The molecule has 1 aliphatic rings. The Kier molecular flexibility index (Phi) is 4.63. The van der Waals surface area contributed by atoms with E-state index in [9.17, 15) is 9.59 Å². The summed E-state index contributed by atoms with van der Waals surface area (Å²) in [5.41, 5.74) is 0.925. The van der Waals surface area contributed by atoms with Gasteiger partial charge < -0.3 is 10.1 Å². The lowest BCUT2D eigenvalue weighted by atomic mass is 10.0. The first-order chi connectivity index (χ1) is 9.20. The van der Waals surface area contributed by atoms with Gasteiger partial charge in [0, 0.05) is 24.3 Å². The fourth-order valence-corrected chi connectivity index (χ4v) is 2.13. The third-order valence-electron chi connectivity index (χ3n) is 2.84. The van der Waals surface area contributed by atoms with Crippen molar-refractivity contribution in [3.8, 4) is 5.75 Å². The van der Waals surface area contributed by atoms with Crippen molar-refractivity contribution in [3.05, 3.63) is 29.8 Å². The molecular formula is C13H15ClN2O3. The molecule has 1 atom stereocenters. The number of nitrogens with one attached hydrogen (secondary N) is 2. The standard InChI is InChI=1S/C13H15ClN2O3/c14-7-5-12(17)16-13(18)15-10-6-8-19-11-4-2-1-3-9(10)11/h1-4,10H,5-8H2,(H2,15,16,17,18). The molecule has 2 N–H and O–H groups in total. The summed E-state index contributed by atoms with van der Waals surface area (Å²) in [7, 11) is 0. The van der Waals surface area contributed by atoms with Gasteiger partial charge in [0.15, 0.2) is 0 Å². The number of urea groups is 1. The number of hydrogen-bond acceptors (Lipinski definition) is 3. The quantitative estimate of drug-likeness (QED) is 0.833. The van der Waals surface area contributed by atoms with Gasteiger partial charge in [-0.2, -0.15) is 0 Å². The number of fused-ring (bicyclic) bond motifs is 1. The Morgan fingerprint density at radius 2 is 2.16 bits per heavy atom. The molecule has 0 spiro atoms. The van der Waals surface area contributed by atoms with Crippen LogP contribution in [0.4, 0.5) is 4.79 Å². The van der Waals surface area contributed by atoms with Crippen LogP contribution in [-0.2, 0) is 4.79 Å². The van der Waals surface area contributed by atoms with Gasteiger partial charge in [-0.1, -0.05) is 18.2 Å². The summed E-state index contributed by atoms with van der Waals surface area (Å²) in [5.74, 6) is 0.582. The smallest absolute Gasteiger partial charge is 0.321 e. The Balaban J connectivity index is 1.97. The highest BCUT2D eigenvalue weighted by molar-refractivity contribution is 6.19. The molecule has 0 saturated heterocycles. The zero-order valence-electron chi connectivity index (χ0n) is 10.3. The van der Waals surface area contributed by atoms with Crippen LogP contribution in [0.2, 0.25) is 0 Å². The molecule has 0 saturated carbocycles. The van der Waals surface area contributed by atoms with Gasteiger partial charge in [0.2, 0.25) is 5.91 Å². The molecule has 0 aromatic heterocycles. The van der Waals surface area contributed by atoms with Crippen molar-refractivity contribution in [2.24, 2.45) is 0 Å². The molecule has 3 amide bonds. The van der Waals surface area contributed by atoms with Crippen molar-refractivity contribution in [3.63, 3.8) is 0 Å². The first-order valence-corrected chi connectivity index (χ1v) is 6.62. The zero-order valence-corrected chi connectivity index (χ0v) is 11.1. The molecule has 5 nitrogen and oxygen atoms in total. The first kappa shape index (κ1) is 13.7. The van der Waals surface area contributed by atoms with E-state index in [1.807, 2.05) is 24.3 Å². The monoisotopic (exact) mass is 282 g/mol. The van der Waals surface area contributed by atoms with Gasteiger partial charge in [-0.25, -0.2) is 4.79 Å². The van der Waals surface area contributed by atoms with Crippen LogP contribution in [-0.4, -0.2) is 24.4 Å². The number of benzene rings is 1. The Labute approximate surface area is 116 Å². The first-order valence-electron chi connectivity index (χ1n) is 6.08. The van der Waals surface area contributed by atoms with Crippen LogP contribution < -0.4 is 15.4 Å². The number of imide groups is 1. The largest absolute Gasteiger partial charge is 0.493 e. The van der Waals surface area contributed by atoms with Crippen LogP contribution in [0, 0.1) is 0 Å². The second-order valence-electron chi connectivity index (χ2n) is 4.19. The number of ether oxygens (including phenoxy) is 1. The molecule has 1 aromatic rings. The number of para-hydroxylation sites is 1. The van der Waals surface area contributed by atoms with Gasteiger partial charge in [0.05, 0.1) is 12.6 Å². The molecular weight excluding hydrogens is 268 g/mol. The maximum absolute atomic E-state index is 11.7. The third kappa shape index (κ3) is 3.61. The minimum Gasteiger partial charge on any atom is -0.493 e. The van der Waals surface area contributed by atoms with Crippen LogP contribution in [0.3, 0.4) is 0 Å². The Morgan fingerprint density at radius 1 is 1.37 bits per heavy atom. The molecule has 0 bridgehead atoms. The summed E-state index contributed by atoms with van der Waals surface area (Å²) < 4.78 is 5.50. The predicted octanol–water partition coefficient (Wildman–Crippen LogP) is 1.96. The van der Waals surface area contributed by atoms with E-state index in [1.165, 1.54) is 0 Å². The normalized spacial score (nSPS) is 17.0. The molecule has 19 heavy (non-hydrogen) atoms. The summed E-state index contributed by atoms with van der Waals surface area (Å²) >= 11 is 5.43. The zero-order chi connectivity index (χ0) is 13.7. The van der Waals surface area contributed by atoms with E-state index in [4.69, 9.17) is 16.3 Å². The number of carbonyl (C=O) groups is 2. The van der Waals surface area contributed by atoms with Crippen molar-refractivity contribution in [2.75, 3.05) is 12.5 Å². The van der Waals surface area contributed by atoms with Gasteiger partial charge in [-0.05, 0) is 6.07 Å². The van der Waals surface area contributed by atoms with E-state index in [2.05, 4.69) is 10.6 Å². The highest BCUT2D eigenvalue weighted by atomic mass is 35.5. The highest BCUT2D eigenvalue weighted by Crippen LogP contribution is 2.31. The highest BCUT2D eigenvalue weighted by Gasteiger charge is 2.22. The van der Waals surface area contributed by atoms with Crippen LogP contribution in [0.1, 0.15) is 24.4 Å². The van der Waals surface area contributed by atoms with Gasteiger partial charge in [0.25, 0.3) is 0 Å². The van der Waals surface area contributed by atoms with E-state index in [0.717, 1.165) is 11.3 Å². The lowest BCUT2D eigenvalue weighted by Crippen LogP contribution is -2.42. The molecule has 102 valence electrons. The lowest BCUT2D eigenvalue weighted by molar-refractivity contribution is -0.119. The second kappa shape index (κ2) is 6.43. The van der Waals surface area contributed by atoms with Crippen molar-refractivity contribution in [2.45, 2.75) is 18.9 Å². The van der Waals surface area contributed by atoms with Crippen molar-refractivity contribution in [1.29, 1.82) is 0 Å². The SMILES string of the molecule is O=C(CCCl)NC(=O)NC1CCOc2ccccc21. The van der Waals surface area contributed by atoms with E-state index in [-0.39, 0.29) is 24.2 Å². The molecule has 6 heteroatoms. The number of alkyl halides is 1. The van der Waals surface area contributed by atoms with Crippen molar-refractivity contribution >= 4 is 23.5 Å². The molecule has 1 unspecified atom stereocenters. The van der Waals surface area contributed by atoms with E-state index in [1.54, 1.807) is 0 Å². The average molecular weight is 283 g/mol. The minimum atomic E-state index is -0.503. The maximum atomic E-state index is 11.7. The second-order valence-corrected chi connectivity index (χ2v) is 4.57. The summed E-state index contributed by atoms with van der Waals surface area (Å²) in [6, 6.07) is 6.88. The van der Waals surface area contributed by atoms with Gasteiger partial charge in [0.1, 0.15) is 5.75 Å². The lowest BCUT2D eigenvalue weighted by Gasteiger charge is -2.26. The van der Waals surface area contributed by atoms with E-state index >= 15 is 0 Å². The van der Waals surface area contributed by atoms with Crippen LogP contribution in [0.25, 0.3) is 0 Å². The fraction of sp³-hybridized carbons (Fsp3) is 0.385. The molecule has 1 heterocycles.